The number of pyridine rings is 1. The molecule has 0 saturated carbocycles. The number of carboxylic acids is 1. The minimum atomic E-state index is -3.78. The first-order valence-electron chi connectivity index (χ1n) is 7.99. The second-order valence-corrected chi connectivity index (χ2v) is 7.33. The summed E-state index contributed by atoms with van der Waals surface area (Å²) in [6.07, 6.45) is 3.74. The highest BCUT2D eigenvalue weighted by Crippen LogP contribution is 2.22. The molecule has 0 unspecified atom stereocenters. The van der Waals surface area contributed by atoms with E-state index in [9.17, 15) is 13.2 Å². The summed E-state index contributed by atoms with van der Waals surface area (Å²) in [6, 6.07) is 19.3. The van der Waals surface area contributed by atoms with E-state index in [2.05, 4.69) is 9.71 Å². The Morgan fingerprint density at radius 3 is 2.19 bits per heavy atom. The van der Waals surface area contributed by atoms with Gasteiger partial charge in [0.1, 0.15) is 5.82 Å². The molecule has 0 bridgehead atoms. The summed E-state index contributed by atoms with van der Waals surface area (Å²) in [7, 11) is -3.78. The van der Waals surface area contributed by atoms with Gasteiger partial charge >= 0.3 is 5.97 Å². The van der Waals surface area contributed by atoms with E-state index in [1.165, 1.54) is 30.5 Å². The third-order valence-electron chi connectivity index (χ3n) is 3.72. The first-order valence-corrected chi connectivity index (χ1v) is 9.48. The van der Waals surface area contributed by atoms with Gasteiger partial charge in [0.15, 0.2) is 0 Å². The zero-order valence-electron chi connectivity index (χ0n) is 14.1. The van der Waals surface area contributed by atoms with Crippen LogP contribution in [0.15, 0.2) is 83.9 Å². The van der Waals surface area contributed by atoms with Gasteiger partial charge in [-0.15, -0.1) is 0 Å². The van der Waals surface area contributed by atoms with Gasteiger partial charge in [-0.25, -0.2) is 18.2 Å². The molecule has 3 rings (SSSR count). The maximum atomic E-state index is 12.5. The van der Waals surface area contributed by atoms with E-state index in [4.69, 9.17) is 5.11 Å². The average Bonchev–Trinajstić information content (AvgIpc) is 2.68. The summed E-state index contributed by atoms with van der Waals surface area (Å²) in [5.41, 5.74) is 2.47. The van der Waals surface area contributed by atoms with Crippen LogP contribution in [0.25, 0.3) is 17.2 Å². The molecule has 7 heteroatoms. The summed E-state index contributed by atoms with van der Waals surface area (Å²) in [6.45, 7) is 0. The van der Waals surface area contributed by atoms with Crippen molar-refractivity contribution in [3.8, 4) is 11.1 Å². The molecule has 2 aromatic carbocycles. The van der Waals surface area contributed by atoms with Crippen molar-refractivity contribution in [2.24, 2.45) is 0 Å². The largest absolute Gasteiger partial charge is 0.478 e. The summed E-state index contributed by atoms with van der Waals surface area (Å²) < 4.78 is 27.4. The van der Waals surface area contributed by atoms with E-state index in [1.54, 1.807) is 18.2 Å². The van der Waals surface area contributed by atoms with Crippen LogP contribution in [0.2, 0.25) is 0 Å². The lowest BCUT2D eigenvalue weighted by molar-refractivity contribution is -0.131. The van der Waals surface area contributed by atoms with Crippen LogP contribution in [0.5, 0.6) is 0 Å². The second kappa shape index (κ2) is 7.84. The van der Waals surface area contributed by atoms with Crippen LogP contribution in [0.4, 0.5) is 5.82 Å². The zero-order chi connectivity index (χ0) is 19.3. The minimum Gasteiger partial charge on any atom is -0.478 e. The molecule has 3 aromatic rings. The number of carbonyl (C=O) groups is 1. The van der Waals surface area contributed by atoms with E-state index in [1.807, 2.05) is 30.3 Å². The zero-order valence-corrected chi connectivity index (χ0v) is 14.9. The molecule has 0 fully saturated rings. The molecule has 6 nitrogen and oxygen atoms in total. The molecule has 1 aromatic heterocycles. The topological polar surface area (TPSA) is 96.4 Å². The van der Waals surface area contributed by atoms with E-state index >= 15 is 0 Å². The first kappa shape index (κ1) is 18.3. The second-order valence-electron chi connectivity index (χ2n) is 5.64. The Labute approximate surface area is 156 Å². The van der Waals surface area contributed by atoms with Crippen molar-refractivity contribution >= 4 is 27.9 Å². The molecule has 0 spiro atoms. The lowest BCUT2D eigenvalue weighted by atomic mass is 10.1. The lowest BCUT2D eigenvalue weighted by Gasteiger charge is -2.08. The minimum absolute atomic E-state index is 0.124. The number of benzene rings is 2. The molecule has 27 heavy (non-hydrogen) atoms. The molecule has 0 aliphatic carbocycles. The van der Waals surface area contributed by atoms with Gasteiger partial charge in [0.05, 0.1) is 4.90 Å². The molecule has 0 atom stereocenters. The molecular formula is C20H16N2O4S. The van der Waals surface area contributed by atoms with Crippen molar-refractivity contribution < 1.29 is 18.3 Å². The average molecular weight is 380 g/mol. The van der Waals surface area contributed by atoms with Crippen LogP contribution in [-0.2, 0) is 14.8 Å². The summed E-state index contributed by atoms with van der Waals surface area (Å²) >= 11 is 0. The molecule has 1 heterocycles. The molecule has 0 saturated heterocycles. The fourth-order valence-electron chi connectivity index (χ4n) is 2.39. The summed E-state index contributed by atoms with van der Waals surface area (Å²) in [5.74, 6) is -0.923. The van der Waals surface area contributed by atoms with Crippen molar-refractivity contribution in [2.45, 2.75) is 4.90 Å². The number of hydrogen-bond acceptors (Lipinski definition) is 4. The van der Waals surface area contributed by atoms with Gasteiger partial charge in [0.2, 0.25) is 0 Å². The number of nitrogens with one attached hydrogen (secondary N) is 1. The van der Waals surface area contributed by atoms with Crippen molar-refractivity contribution in [3.63, 3.8) is 0 Å². The van der Waals surface area contributed by atoms with Crippen molar-refractivity contribution in [3.05, 3.63) is 84.6 Å². The Balaban J connectivity index is 1.75. The molecule has 0 aliphatic heterocycles. The number of anilines is 1. The summed E-state index contributed by atoms with van der Waals surface area (Å²) in [4.78, 5) is 14.6. The fourth-order valence-corrected chi connectivity index (χ4v) is 3.39. The highest BCUT2D eigenvalue weighted by molar-refractivity contribution is 7.92. The van der Waals surface area contributed by atoms with Gasteiger partial charge in [-0.05, 0) is 47.0 Å². The standard InChI is InChI=1S/C20H16N2O4S/c23-20(24)13-7-15-6-12-19(21-14-15)22-27(25,26)18-10-8-17(9-11-18)16-4-2-1-3-5-16/h1-14H,(H,21,22)(H,23,24)/b13-7+. The number of rotatable bonds is 6. The van der Waals surface area contributed by atoms with Crippen LogP contribution in [0.3, 0.4) is 0 Å². The Kier molecular flexibility index (Phi) is 5.33. The highest BCUT2D eigenvalue weighted by atomic mass is 32.2. The SMILES string of the molecule is O=C(O)/C=C/c1ccc(NS(=O)(=O)c2ccc(-c3ccccc3)cc2)nc1. The van der Waals surface area contributed by atoms with Crippen LogP contribution >= 0.6 is 0 Å². The van der Waals surface area contributed by atoms with E-state index in [0.717, 1.165) is 17.2 Å². The molecule has 0 radical (unpaired) electrons. The number of aromatic nitrogens is 1. The Hall–Kier alpha value is -3.45. The Morgan fingerprint density at radius 1 is 0.926 bits per heavy atom. The molecule has 0 aliphatic rings. The van der Waals surface area contributed by atoms with Crippen LogP contribution in [-0.4, -0.2) is 24.5 Å². The maximum Gasteiger partial charge on any atom is 0.328 e. The molecule has 136 valence electrons. The smallest absolute Gasteiger partial charge is 0.328 e. The van der Waals surface area contributed by atoms with E-state index in [-0.39, 0.29) is 10.7 Å². The molecule has 0 amide bonds. The van der Waals surface area contributed by atoms with Gasteiger partial charge in [-0.1, -0.05) is 42.5 Å². The van der Waals surface area contributed by atoms with Gasteiger partial charge in [-0.2, -0.15) is 0 Å². The monoisotopic (exact) mass is 380 g/mol. The summed E-state index contributed by atoms with van der Waals surface area (Å²) in [5, 5.41) is 8.60. The van der Waals surface area contributed by atoms with Crippen molar-refractivity contribution in [1.29, 1.82) is 0 Å². The first-order chi connectivity index (χ1) is 12.9. The van der Waals surface area contributed by atoms with Crippen LogP contribution < -0.4 is 4.72 Å². The predicted octanol–water partition coefficient (Wildman–Crippen LogP) is 3.65. The third kappa shape index (κ3) is 4.80. The predicted molar refractivity (Wildman–Crippen MR) is 104 cm³/mol. The lowest BCUT2D eigenvalue weighted by Crippen LogP contribution is -2.13. The highest BCUT2D eigenvalue weighted by Gasteiger charge is 2.14. The van der Waals surface area contributed by atoms with Gasteiger partial charge in [-0.3, -0.25) is 4.72 Å². The number of carboxylic acid groups (broad SMARTS) is 1. The Bertz CT molecular complexity index is 1060. The van der Waals surface area contributed by atoms with Gasteiger partial charge in [0.25, 0.3) is 10.0 Å². The third-order valence-corrected chi connectivity index (χ3v) is 5.09. The van der Waals surface area contributed by atoms with E-state index < -0.39 is 16.0 Å². The van der Waals surface area contributed by atoms with Gasteiger partial charge < -0.3 is 5.11 Å². The van der Waals surface area contributed by atoms with E-state index in [0.29, 0.717) is 5.56 Å². The number of hydrogen-bond donors (Lipinski definition) is 2. The maximum absolute atomic E-state index is 12.5. The fraction of sp³-hybridized carbons (Fsp3) is 0. The quantitative estimate of drug-likeness (QED) is 0.637. The normalized spacial score (nSPS) is 11.4. The van der Waals surface area contributed by atoms with Crippen LogP contribution in [0, 0.1) is 0 Å². The molecular weight excluding hydrogens is 364 g/mol. The van der Waals surface area contributed by atoms with Crippen LogP contribution in [0.1, 0.15) is 5.56 Å². The number of nitrogens with zero attached hydrogens (tertiary/aromatic N) is 1. The number of sulfonamides is 1. The van der Waals surface area contributed by atoms with Gasteiger partial charge in [0, 0.05) is 12.3 Å². The Morgan fingerprint density at radius 2 is 1.59 bits per heavy atom. The van der Waals surface area contributed by atoms with Crippen molar-refractivity contribution in [1.82, 2.24) is 4.98 Å². The number of aliphatic carboxylic acids is 1. The molecule has 2 N–H and O–H groups in total. The van der Waals surface area contributed by atoms with Crippen molar-refractivity contribution in [2.75, 3.05) is 4.72 Å².